The Hall–Kier alpha value is -1.51. The SMILES string of the molecule is Nc1ccc(C(=O)NC2CC3CC2C2CCCC32)cc1. The Kier molecular flexibility index (Phi) is 2.76. The van der Waals surface area contributed by atoms with Crippen molar-refractivity contribution >= 4 is 11.6 Å². The molecule has 0 aliphatic heterocycles. The van der Waals surface area contributed by atoms with Gasteiger partial charge in [-0.3, -0.25) is 4.79 Å². The number of rotatable bonds is 2. The average molecular weight is 270 g/mol. The van der Waals surface area contributed by atoms with Gasteiger partial charge in [-0.25, -0.2) is 0 Å². The van der Waals surface area contributed by atoms with E-state index in [1.54, 1.807) is 12.1 Å². The maximum absolute atomic E-state index is 12.3. The number of nitrogens with one attached hydrogen (secondary N) is 1. The molecule has 20 heavy (non-hydrogen) atoms. The maximum Gasteiger partial charge on any atom is 0.251 e. The highest BCUT2D eigenvalue weighted by molar-refractivity contribution is 5.94. The number of benzene rings is 1. The maximum atomic E-state index is 12.3. The molecule has 0 radical (unpaired) electrons. The first-order valence-corrected chi connectivity index (χ1v) is 7.89. The lowest BCUT2D eigenvalue weighted by molar-refractivity contribution is 0.0901. The van der Waals surface area contributed by atoms with E-state index in [4.69, 9.17) is 5.73 Å². The topological polar surface area (TPSA) is 55.1 Å². The van der Waals surface area contributed by atoms with Crippen LogP contribution >= 0.6 is 0 Å². The number of carbonyl (C=O) groups is 1. The minimum Gasteiger partial charge on any atom is -0.399 e. The summed E-state index contributed by atoms with van der Waals surface area (Å²) in [7, 11) is 0. The first kappa shape index (κ1) is 12.2. The smallest absolute Gasteiger partial charge is 0.251 e. The number of anilines is 1. The molecule has 1 aromatic carbocycles. The zero-order valence-corrected chi connectivity index (χ0v) is 11.7. The number of carbonyl (C=O) groups excluding carboxylic acids is 1. The van der Waals surface area contributed by atoms with Gasteiger partial charge in [-0.1, -0.05) is 6.42 Å². The summed E-state index contributed by atoms with van der Waals surface area (Å²) in [6.45, 7) is 0. The molecule has 5 unspecified atom stereocenters. The quantitative estimate of drug-likeness (QED) is 0.812. The number of hydrogen-bond acceptors (Lipinski definition) is 2. The zero-order valence-electron chi connectivity index (χ0n) is 11.7. The summed E-state index contributed by atoms with van der Waals surface area (Å²) < 4.78 is 0. The van der Waals surface area contributed by atoms with Crippen molar-refractivity contribution in [2.24, 2.45) is 23.7 Å². The Labute approximate surface area is 119 Å². The first-order chi connectivity index (χ1) is 9.72. The van der Waals surface area contributed by atoms with Crippen LogP contribution in [0.1, 0.15) is 42.5 Å². The van der Waals surface area contributed by atoms with Crippen molar-refractivity contribution in [2.45, 2.75) is 38.1 Å². The lowest BCUT2D eigenvalue weighted by Crippen LogP contribution is -2.42. The molecule has 0 saturated heterocycles. The van der Waals surface area contributed by atoms with Crippen LogP contribution in [0.3, 0.4) is 0 Å². The van der Waals surface area contributed by atoms with E-state index in [1.807, 2.05) is 12.1 Å². The summed E-state index contributed by atoms with van der Waals surface area (Å²) in [5.74, 6) is 3.56. The Morgan fingerprint density at radius 1 is 1.05 bits per heavy atom. The van der Waals surface area contributed by atoms with Crippen LogP contribution in [-0.2, 0) is 0 Å². The highest BCUT2D eigenvalue weighted by Gasteiger charge is 2.53. The second-order valence-electron chi connectivity index (χ2n) is 6.86. The number of hydrogen-bond donors (Lipinski definition) is 2. The van der Waals surface area contributed by atoms with Gasteiger partial charge < -0.3 is 11.1 Å². The number of nitrogens with two attached hydrogens (primary N) is 1. The van der Waals surface area contributed by atoms with E-state index in [-0.39, 0.29) is 5.91 Å². The van der Waals surface area contributed by atoms with Gasteiger partial charge in [0.05, 0.1) is 0 Å². The lowest BCUT2D eigenvalue weighted by Gasteiger charge is -2.32. The van der Waals surface area contributed by atoms with Gasteiger partial charge in [-0.05, 0) is 73.6 Å². The highest BCUT2D eigenvalue weighted by Crippen LogP contribution is 2.58. The molecular weight excluding hydrogens is 248 g/mol. The fourth-order valence-corrected chi connectivity index (χ4v) is 5.12. The van der Waals surface area contributed by atoms with Crippen LogP contribution < -0.4 is 11.1 Å². The molecule has 0 spiro atoms. The van der Waals surface area contributed by atoms with Gasteiger partial charge in [0.25, 0.3) is 5.91 Å². The van der Waals surface area contributed by atoms with Crippen LogP contribution in [-0.4, -0.2) is 11.9 Å². The van der Waals surface area contributed by atoms with Gasteiger partial charge in [0.15, 0.2) is 0 Å². The predicted octanol–water partition coefficient (Wildman–Crippen LogP) is 2.82. The van der Waals surface area contributed by atoms with Gasteiger partial charge in [0.1, 0.15) is 0 Å². The molecule has 0 heterocycles. The number of nitrogen functional groups attached to an aromatic ring is 1. The third kappa shape index (κ3) is 1.83. The summed E-state index contributed by atoms with van der Waals surface area (Å²) >= 11 is 0. The number of amides is 1. The summed E-state index contributed by atoms with van der Waals surface area (Å²) in [4.78, 5) is 12.3. The van der Waals surface area contributed by atoms with Gasteiger partial charge in [0.2, 0.25) is 0 Å². The van der Waals surface area contributed by atoms with Crippen molar-refractivity contribution < 1.29 is 4.79 Å². The Morgan fingerprint density at radius 3 is 2.60 bits per heavy atom. The molecule has 106 valence electrons. The van der Waals surface area contributed by atoms with E-state index < -0.39 is 0 Å². The van der Waals surface area contributed by atoms with Crippen molar-refractivity contribution in [3.05, 3.63) is 29.8 Å². The van der Waals surface area contributed by atoms with Crippen LogP contribution in [0.2, 0.25) is 0 Å². The molecule has 3 saturated carbocycles. The number of fused-ring (bicyclic) bond motifs is 5. The van der Waals surface area contributed by atoms with Crippen LogP contribution in [0.15, 0.2) is 24.3 Å². The monoisotopic (exact) mass is 270 g/mol. The molecule has 3 aliphatic rings. The Balaban J connectivity index is 1.45. The standard InChI is InChI=1S/C17H22N2O/c18-12-6-4-10(5-7-12)17(20)19-16-9-11-8-15(16)14-3-1-2-13(11)14/h4-7,11,13-16H,1-3,8-9,18H2,(H,19,20). The van der Waals surface area contributed by atoms with Crippen molar-refractivity contribution in [3.8, 4) is 0 Å². The molecule has 3 nitrogen and oxygen atoms in total. The van der Waals surface area contributed by atoms with Crippen LogP contribution in [0.5, 0.6) is 0 Å². The van der Waals surface area contributed by atoms with E-state index in [9.17, 15) is 4.79 Å². The van der Waals surface area contributed by atoms with Crippen LogP contribution in [0.4, 0.5) is 5.69 Å². The molecule has 5 atom stereocenters. The Bertz CT molecular complexity index is 524. The van der Waals surface area contributed by atoms with Gasteiger partial charge in [-0.2, -0.15) is 0 Å². The largest absolute Gasteiger partial charge is 0.399 e. The fraction of sp³-hybridized carbons (Fsp3) is 0.588. The predicted molar refractivity (Wildman–Crippen MR) is 79.2 cm³/mol. The second-order valence-corrected chi connectivity index (χ2v) is 6.86. The van der Waals surface area contributed by atoms with Crippen molar-refractivity contribution in [2.75, 3.05) is 5.73 Å². The third-order valence-electron chi connectivity index (χ3n) is 5.92. The summed E-state index contributed by atoms with van der Waals surface area (Å²) in [6, 6.07) is 7.63. The van der Waals surface area contributed by atoms with Crippen LogP contribution in [0.25, 0.3) is 0 Å². The van der Waals surface area contributed by atoms with Crippen molar-refractivity contribution in [1.82, 2.24) is 5.32 Å². The van der Waals surface area contributed by atoms with Crippen molar-refractivity contribution in [3.63, 3.8) is 0 Å². The molecule has 3 aliphatic carbocycles. The molecule has 0 aromatic heterocycles. The molecule has 3 N–H and O–H groups in total. The molecule has 2 bridgehead atoms. The zero-order chi connectivity index (χ0) is 13.7. The van der Waals surface area contributed by atoms with Gasteiger partial charge in [0, 0.05) is 17.3 Å². The van der Waals surface area contributed by atoms with E-state index >= 15 is 0 Å². The van der Waals surface area contributed by atoms with Crippen molar-refractivity contribution in [1.29, 1.82) is 0 Å². The molecule has 1 aromatic rings. The van der Waals surface area contributed by atoms with E-state index in [1.165, 1.54) is 32.1 Å². The first-order valence-electron chi connectivity index (χ1n) is 7.89. The van der Waals surface area contributed by atoms with Crippen LogP contribution in [0, 0.1) is 23.7 Å². The van der Waals surface area contributed by atoms with Gasteiger partial charge in [-0.15, -0.1) is 0 Å². The Morgan fingerprint density at radius 2 is 1.80 bits per heavy atom. The third-order valence-corrected chi connectivity index (χ3v) is 5.92. The molecule has 1 amide bonds. The van der Waals surface area contributed by atoms with E-state index in [2.05, 4.69) is 5.32 Å². The minimum absolute atomic E-state index is 0.0668. The second kappa shape index (κ2) is 4.51. The summed E-state index contributed by atoms with van der Waals surface area (Å²) in [6.07, 6.45) is 6.78. The highest BCUT2D eigenvalue weighted by atomic mass is 16.1. The summed E-state index contributed by atoms with van der Waals surface area (Å²) in [5.41, 5.74) is 7.10. The lowest BCUT2D eigenvalue weighted by atomic mass is 9.79. The molecule has 3 heteroatoms. The average Bonchev–Trinajstić information content (AvgIpc) is 3.11. The molecule has 3 fully saturated rings. The molecular formula is C17H22N2O. The van der Waals surface area contributed by atoms with Gasteiger partial charge >= 0.3 is 0 Å². The summed E-state index contributed by atoms with van der Waals surface area (Å²) in [5, 5.41) is 3.28. The minimum atomic E-state index is 0.0668. The normalized spacial score (nSPS) is 37.9. The van der Waals surface area contributed by atoms with E-state index in [0.29, 0.717) is 11.7 Å². The van der Waals surface area contributed by atoms with E-state index in [0.717, 1.165) is 29.2 Å². The molecule has 4 rings (SSSR count). The fourth-order valence-electron chi connectivity index (χ4n) is 5.12.